The van der Waals surface area contributed by atoms with Crippen molar-refractivity contribution >= 4 is 26.8 Å². The first kappa shape index (κ1) is 17.5. The molecule has 2 bridgehead atoms. The summed E-state index contributed by atoms with van der Waals surface area (Å²) in [6.45, 7) is 2.45. The minimum atomic E-state index is -3.99. The van der Waals surface area contributed by atoms with Crippen LogP contribution in [0.15, 0.2) is 59.6 Å². The van der Waals surface area contributed by atoms with Gasteiger partial charge in [-0.2, -0.15) is 0 Å². The lowest BCUT2D eigenvalue weighted by atomic mass is 9.57. The molecule has 0 radical (unpaired) electrons. The van der Waals surface area contributed by atoms with Crippen molar-refractivity contribution in [2.75, 3.05) is 6.61 Å². The summed E-state index contributed by atoms with van der Waals surface area (Å²) in [5.41, 5.74) is 2.42. The predicted octanol–water partition coefficient (Wildman–Crippen LogP) is 2.64. The van der Waals surface area contributed by atoms with Gasteiger partial charge in [-0.05, 0) is 37.1 Å². The SMILES string of the molecule is Cc1ccc([C@@]23CO[C@@H](C2)[C@@H]3C(=O)NS(=O)(=O)c2cccc3[nH]ccc23)cc1. The molecule has 3 fully saturated rings. The number of carbonyl (C=O) groups is 1. The summed E-state index contributed by atoms with van der Waals surface area (Å²) >= 11 is 0. The van der Waals surface area contributed by atoms with Crippen LogP contribution in [0.5, 0.6) is 0 Å². The molecule has 2 aliphatic heterocycles. The van der Waals surface area contributed by atoms with E-state index in [1.165, 1.54) is 6.07 Å². The molecule has 3 aliphatic rings. The molecule has 144 valence electrons. The van der Waals surface area contributed by atoms with E-state index in [1.54, 1.807) is 24.4 Å². The molecule has 28 heavy (non-hydrogen) atoms. The highest BCUT2D eigenvalue weighted by molar-refractivity contribution is 7.90. The van der Waals surface area contributed by atoms with Crippen LogP contribution in [0, 0.1) is 12.8 Å². The Morgan fingerprint density at radius 1 is 1.18 bits per heavy atom. The number of aromatic nitrogens is 1. The molecule has 3 atom stereocenters. The lowest BCUT2D eigenvalue weighted by Crippen LogP contribution is -2.56. The van der Waals surface area contributed by atoms with Crippen LogP contribution in [0.4, 0.5) is 0 Å². The molecule has 6 nitrogen and oxygen atoms in total. The summed E-state index contributed by atoms with van der Waals surface area (Å²) < 4.78 is 33.9. The van der Waals surface area contributed by atoms with Gasteiger partial charge >= 0.3 is 0 Å². The van der Waals surface area contributed by atoms with Crippen LogP contribution in [0.3, 0.4) is 0 Å². The van der Waals surface area contributed by atoms with E-state index in [2.05, 4.69) is 9.71 Å². The van der Waals surface area contributed by atoms with Crippen molar-refractivity contribution in [2.45, 2.75) is 29.8 Å². The molecular weight excluding hydrogens is 376 g/mol. The number of sulfonamides is 1. The molecule has 2 aromatic carbocycles. The fraction of sp³-hybridized carbons (Fsp3) is 0.286. The number of amides is 1. The summed E-state index contributed by atoms with van der Waals surface area (Å²) in [5, 5.41) is 0.559. The number of nitrogens with one attached hydrogen (secondary N) is 2. The number of hydrogen-bond acceptors (Lipinski definition) is 4. The first-order valence-corrected chi connectivity index (χ1v) is 10.7. The Bertz CT molecular complexity index is 1180. The van der Waals surface area contributed by atoms with Crippen LogP contribution in [-0.4, -0.2) is 32.0 Å². The molecule has 7 heteroatoms. The molecule has 2 N–H and O–H groups in total. The Balaban J connectivity index is 1.45. The molecule has 1 amide bonds. The predicted molar refractivity (Wildman–Crippen MR) is 104 cm³/mol. The number of hydrogen-bond donors (Lipinski definition) is 2. The maximum absolute atomic E-state index is 13.0. The zero-order valence-electron chi connectivity index (χ0n) is 15.3. The second-order valence-corrected chi connectivity index (χ2v) is 9.37. The van der Waals surface area contributed by atoms with E-state index in [0.717, 1.165) is 17.5 Å². The third kappa shape index (κ3) is 2.43. The summed E-state index contributed by atoms with van der Waals surface area (Å²) in [5.74, 6) is -1.00. The van der Waals surface area contributed by atoms with Gasteiger partial charge in [0.05, 0.1) is 23.5 Å². The molecular formula is C21H20N2O4S. The minimum absolute atomic E-state index is 0.0941. The molecule has 0 spiro atoms. The van der Waals surface area contributed by atoms with E-state index in [4.69, 9.17) is 4.74 Å². The molecule has 0 unspecified atom stereocenters. The Labute approximate surface area is 163 Å². The third-order valence-electron chi connectivity index (χ3n) is 6.08. The Morgan fingerprint density at radius 2 is 1.96 bits per heavy atom. The third-order valence-corrected chi connectivity index (χ3v) is 7.48. The minimum Gasteiger partial charge on any atom is -0.376 e. The van der Waals surface area contributed by atoms with E-state index in [1.807, 2.05) is 31.2 Å². The Morgan fingerprint density at radius 3 is 2.71 bits per heavy atom. The zero-order valence-corrected chi connectivity index (χ0v) is 16.1. The number of fused-ring (bicyclic) bond motifs is 2. The van der Waals surface area contributed by atoms with E-state index in [-0.39, 0.29) is 11.0 Å². The Kier molecular flexibility index (Phi) is 3.70. The number of carbonyl (C=O) groups excluding carboxylic acids is 1. The van der Waals surface area contributed by atoms with E-state index >= 15 is 0 Å². The van der Waals surface area contributed by atoms with Gasteiger partial charge in [-0.25, -0.2) is 13.1 Å². The number of benzene rings is 2. The molecule has 3 heterocycles. The monoisotopic (exact) mass is 396 g/mol. The highest BCUT2D eigenvalue weighted by atomic mass is 32.2. The van der Waals surface area contributed by atoms with Crippen molar-refractivity contribution in [3.63, 3.8) is 0 Å². The van der Waals surface area contributed by atoms with Crippen molar-refractivity contribution in [2.24, 2.45) is 5.92 Å². The van der Waals surface area contributed by atoms with E-state index < -0.39 is 27.3 Å². The van der Waals surface area contributed by atoms with Gasteiger partial charge in [-0.1, -0.05) is 35.9 Å². The average Bonchev–Trinajstić information content (AvgIpc) is 3.36. The summed E-state index contributed by atoms with van der Waals surface area (Å²) in [6.07, 6.45) is 2.18. The van der Waals surface area contributed by atoms with Crippen molar-refractivity contribution in [1.29, 1.82) is 0 Å². The fourth-order valence-corrected chi connectivity index (χ4v) is 5.81. The van der Waals surface area contributed by atoms with Crippen molar-refractivity contribution in [3.05, 3.63) is 65.9 Å². The maximum atomic E-state index is 13.0. The molecule has 1 saturated carbocycles. The summed E-state index contributed by atoms with van der Waals surface area (Å²) in [7, 11) is -3.99. The molecule has 2 saturated heterocycles. The van der Waals surface area contributed by atoms with E-state index in [0.29, 0.717) is 17.5 Å². The van der Waals surface area contributed by atoms with Gasteiger partial charge in [-0.15, -0.1) is 0 Å². The van der Waals surface area contributed by atoms with Crippen molar-refractivity contribution < 1.29 is 17.9 Å². The number of ether oxygens (including phenoxy) is 1. The van der Waals surface area contributed by atoms with Crippen LogP contribution in [0.25, 0.3) is 10.9 Å². The smallest absolute Gasteiger partial charge is 0.264 e. The lowest BCUT2D eigenvalue weighted by molar-refractivity contribution is -0.130. The molecule has 6 rings (SSSR count). The van der Waals surface area contributed by atoms with Crippen molar-refractivity contribution in [3.8, 4) is 0 Å². The topological polar surface area (TPSA) is 88.3 Å². The normalized spacial score (nSPS) is 26.2. The highest BCUT2D eigenvalue weighted by Crippen LogP contribution is 2.56. The number of aromatic amines is 1. The quantitative estimate of drug-likeness (QED) is 0.710. The average molecular weight is 396 g/mol. The maximum Gasteiger partial charge on any atom is 0.264 e. The van der Waals surface area contributed by atoms with Gasteiger partial charge in [0.2, 0.25) is 5.91 Å². The molecule has 1 aromatic heterocycles. The van der Waals surface area contributed by atoms with Crippen LogP contribution in [0.2, 0.25) is 0 Å². The second-order valence-electron chi connectivity index (χ2n) is 7.72. The van der Waals surface area contributed by atoms with Gasteiger partial charge in [0.15, 0.2) is 0 Å². The van der Waals surface area contributed by atoms with Crippen LogP contribution in [-0.2, 0) is 25.0 Å². The highest BCUT2D eigenvalue weighted by Gasteiger charge is 2.64. The number of rotatable bonds is 4. The van der Waals surface area contributed by atoms with E-state index in [9.17, 15) is 13.2 Å². The number of H-pyrrole nitrogens is 1. The molecule has 1 aliphatic carbocycles. The first-order chi connectivity index (χ1) is 13.4. The van der Waals surface area contributed by atoms with Crippen LogP contribution in [0.1, 0.15) is 17.5 Å². The van der Waals surface area contributed by atoms with Crippen molar-refractivity contribution in [1.82, 2.24) is 9.71 Å². The summed E-state index contributed by atoms with van der Waals surface area (Å²) in [4.78, 5) is 16.1. The Hall–Kier alpha value is -2.64. The standard InChI is InChI=1S/C21H20N2O4S/c1-13-5-7-14(8-6-13)21-11-17(27-12-21)19(21)20(24)23-28(25,26)18-4-2-3-16-15(18)9-10-22-16/h2-10,17,19,22H,11-12H2,1H3,(H,23,24)/t17-,19+,21-/m0/s1. The lowest BCUT2D eigenvalue weighted by Gasteiger charge is -2.43. The zero-order chi connectivity index (χ0) is 19.5. The fourth-order valence-electron chi connectivity index (χ4n) is 4.59. The molecule has 3 aromatic rings. The number of aryl methyl sites for hydroxylation is 1. The van der Waals surface area contributed by atoms with Gasteiger partial charge < -0.3 is 9.72 Å². The van der Waals surface area contributed by atoms with Gasteiger partial charge in [0, 0.05) is 22.5 Å². The summed E-state index contributed by atoms with van der Waals surface area (Å²) in [6, 6.07) is 14.7. The second kappa shape index (κ2) is 5.93. The van der Waals surface area contributed by atoms with Gasteiger partial charge in [0.1, 0.15) is 0 Å². The first-order valence-electron chi connectivity index (χ1n) is 9.22. The van der Waals surface area contributed by atoms with Crippen LogP contribution < -0.4 is 4.72 Å². The van der Waals surface area contributed by atoms with Crippen LogP contribution >= 0.6 is 0 Å². The van der Waals surface area contributed by atoms with Gasteiger partial charge in [0.25, 0.3) is 10.0 Å². The largest absolute Gasteiger partial charge is 0.376 e. The van der Waals surface area contributed by atoms with Gasteiger partial charge in [-0.3, -0.25) is 4.79 Å².